The molecule has 0 saturated heterocycles. The van der Waals surface area contributed by atoms with Gasteiger partial charge in [0.15, 0.2) is 0 Å². The summed E-state index contributed by atoms with van der Waals surface area (Å²) in [6.07, 6.45) is 4.25. The number of amides is 1. The molecule has 3 nitrogen and oxygen atoms in total. The average Bonchev–Trinajstić information content (AvgIpc) is 2.34. The molecular formula is C16H23FN2O. The Bertz CT molecular complexity index is 502. The summed E-state index contributed by atoms with van der Waals surface area (Å²) in [6, 6.07) is 2.97. The summed E-state index contributed by atoms with van der Waals surface area (Å²) >= 11 is 0. The molecule has 1 aromatic rings. The van der Waals surface area contributed by atoms with Crippen LogP contribution in [-0.4, -0.2) is 11.9 Å². The molecular weight excluding hydrogens is 255 g/mol. The highest BCUT2D eigenvalue weighted by atomic mass is 19.1. The van der Waals surface area contributed by atoms with Crippen molar-refractivity contribution in [1.82, 2.24) is 5.32 Å². The number of halogens is 1. The summed E-state index contributed by atoms with van der Waals surface area (Å²) in [7, 11) is 0. The zero-order valence-electron chi connectivity index (χ0n) is 12.4. The van der Waals surface area contributed by atoms with Gasteiger partial charge in [-0.3, -0.25) is 4.79 Å². The van der Waals surface area contributed by atoms with Crippen molar-refractivity contribution in [2.24, 2.45) is 5.41 Å². The van der Waals surface area contributed by atoms with Gasteiger partial charge in [-0.1, -0.05) is 20.3 Å². The molecule has 1 aliphatic rings. The summed E-state index contributed by atoms with van der Waals surface area (Å²) in [5.74, 6) is -0.669. The van der Waals surface area contributed by atoms with Gasteiger partial charge in [-0.25, -0.2) is 4.39 Å². The van der Waals surface area contributed by atoms with Crippen molar-refractivity contribution in [1.29, 1.82) is 0 Å². The van der Waals surface area contributed by atoms with E-state index in [9.17, 15) is 9.18 Å². The molecule has 0 bridgehead atoms. The number of rotatable bonds is 2. The van der Waals surface area contributed by atoms with Gasteiger partial charge in [-0.15, -0.1) is 0 Å². The SMILES string of the molecule is Cc1c(N)cc(C(=O)NC2CCCC(C)(C)C2)cc1F. The standard InChI is InChI=1S/C16H23FN2O/c1-10-13(17)7-11(8-14(10)18)15(20)19-12-5-4-6-16(2,3)9-12/h7-8,12H,4-6,9,18H2,1-3H3,(H,19,20). The van der Waals surface area contributed by atoms with Crippen LogP contribution in [0.4, 0.5) is 10.1 Å². The third-order valence-electron chi connectivity index (χ3n) is 4.19. The van der Waals surface area contributed by atoms with Crippen molar-refractivity contribution in [2.75, 3.05) is 5.73 Å². The Kier molecular flexibility index (Phi) is 4.02. The second kappa shape index (κ2) is 5.43. The van der Waals surface area contributed by atoms with Crippen molar-refractivity contribution in [3.05, 3.63) is 29.1 Å². The van der Waals surface area contributed by atoms with E-state index in [1.54, 1.807) is 13.0 Å². The zero-order chi connectivity index (χ0) is 14.9. The Morgan fingerprint density at radius 3 is 2.75 bits per heavy atom. The Hall–Kier alpha value is -1.58. The number of carbonyl (C=O) groups excluding carboxylic acids is 1. The van der Waals surface area contributed by atoms with Gasteiger partial charge in [-0.05, 0) is 43.7 Å². The van der Waals surface area contributed by atoms with E-state index in [1.165, 1.54) is 12.5 Å². The molecule has 1 atom stereocenters. The van der Waals surface area contributed by atoms with Crippen LogP contribution in [0.1, 0.15) is 55.5 Å². The van der Waals surface area contributed by atoms with E-state index in [0.29, 0.717) is 16.8 Å². The van der Waals surface area contributed by atoms with Crippen molar-refractivity contribution < 1.29 is 9.18 Å². The van der Waals surface area contributed by atoms with E-state index in [4.69, 9.17) is 5.73 Å². The molecule has 0 aliphatic heterocycles. The quantitative estimate of drug-likeness (QED) is 0.814. The van der Waals surface area contributed by atoms with Crippen LogP contribution in [0.5, 0.6) is 0 Å². The maximum atomic E-state index is 13.6. The van der Waals surface area contributed by atoms with Gasteiger partial charge in [-0.2, -0.15) is 0 Å². The Labute approximate surface area is 119 Å². The van der Waals surface area contributed by atoms with Gasteiger partial charge < -0.3 is 11.1 Å². The third-order valence-corrected chi connectivity index (χ3v) is 4.19. The first kappa shape index (κ1) is 14.8. The smallest absolute Gasteiger partial charge is 0.251 e. The lowest BCUT2D eigenvalue weighted by molar-refractivity contribution is 0.0902. The van der Waals surface area contributed by atoms with Crippen LogP contribution >= 0.6 is 0 Å². The highest BCUT2D eigenvalue weighted by Gasteiger charge is 2.29. The van der Waals surface area contributed by atoms with E-state index in [2.05, 4.69) is 19.2 Å². The molecule has 1 saturated carbocycles. The largest absolute Gasteiger partial charge is 0.398 e. The van der Waals surface area contributed by atoms with Crippen molar-refractivity contribution in [2.45, 2.75) is 52.5 Å². The molecule has 0 radical (unpaired) electrons. The third kappa shape index (κ3) is 3.30. The van der Waals surface area contributed by atoms with Crippen LogP contribution in [0.3, 0.4) is 0 Å². The highest BCUT2D eigenvalue weighted by molar-refractivity contribution is 5.95. The first-order valence-corrected chi connectivity index (χ1v) is 7.15. The highest BCUT2D eigenvalue weighted by Crippen LogP contribution is 2.35. The number of anilines is 1. The minimum Gasteiger partial charge on any atom is -0.398 e. The average molecular weight is 278 g/mol. The Morgan fingerprint density at radius 1 is 1.45 bits per heavy atom. The van der Waals surface area contributed by atoms with Crippen LogP contribution < -0.4 is 11.1 Å². The molecule has 1 aromatic carbocycles. The first-order valence-electron chi connectivity index (χ1n) is 7.15. The molecule has 0 spiro atoms. The van der Waals surface area contributed by atoms with Crippen LogP contribution in [-0.2, 0) is 0 Å². The van der Waals surface area contributed by atoms with Gasteiger partial charge in [0.1, 0.15) is 5.82 Å². The van der Waals surface area contributed by atoms with Crippen LogP contribution in [0.15, 0.2) is 12.1 Å². The fourth-order valence-corrected chi connectivity index (χ4v) is 2.92. The molecule has 0 aromatic heterocycles. The maximum absolute atomic E-state index is 13.6. The summed E-state index contributed by atoms with van der Waals surface area (Å²) in [5.41, 5.74) is 6.98. The molecule has 1 aliphatic carbocycles. The number of nitrogens with two attached hydrogens (primary N) is 1. The molecule has 110 valence electrons. The van der Waals surface area contributed by atoms with Gasteiger partial charge in [0.25, 0.3) is 5.91 Å². The van der Waals surface area contributed by atoms with E-state index in [1.807, 2.05) is 0 Å². The topological polar surface area (TPSA) is 55.1 Å². The van der Waals surface area contributed by atoms with E-state index in [-0.39, 0.29) is 17.4 Å². The molecule has 4 heteroatoms. The lowest BCUT2D eigenvalue weighted by Crippen LogP contribution is -2.40. The number of nitrogen functional groups attached to an aromatic ring is 1. The second-order valence-electron chi connectivity index (χ2n) is 6.60. The first-order chi connectivity index (χ1) is 9.28. The predicted octanol–water partition coefficient (Wildman–Crippen LogP) is 3.41. The molecule has 1 fully saturated rings. The fourth-order valence-electron chi connectivity index (χ4n) is 2.92. The summed E-state index contributed by atoms with van der Waals surface area (Å²) in [6.45, 7) is 6.04. The van der Waals surface area contributed by atoms with Gasteiger partial charge in [0.05, 0.1) is 0 Å². The molecule has 3 N–H and O–H groups in total. The Morgan fingerprint density at radius 2 is 2.15 bits per heavy atom. The fraction of sp³-hybridized carbons (Fsp3) is 0.562. The lowest BCUT2D eigenvalue weighted by atomic mass is 9.75. The van der Waals surface area contributed by atoms with E-state index >= 15 is 0 Å². The maximum Gasteiger partial charge on any atom is 0.251 e. The van der Waals surface area contributed by atoms with Crippen LogP contribution in [0, 0.1) is 18.2 Å². The predicted molar refractivity (Wildman–Crippen MR) is 79.1 cm³/mol. The number of carbonyl (C=O) groups is 1. The lowest BCUT2D eigenvalue weighted by Gasteiger charge is -2.35. The minimum atomic E-state index is -0.431. The zero-order valence-corrected chi connectivity index (χ0v) is 12.4. The Balaban J connectivity index is 2.09. The number of hydrogen-bond acceptors (Lipinski definition) is 2. The molecule has 20 heavy (non-hydrogen) atoms. The van der Waals surface area contributed by atoms with Crippen LogP contribution in [0.2, 0.25) is 0 Å². The number of benzene rings is 1. The van der Waals surface area contributed by atoms with Crippen molar-refractivity contribution in [3.63, 3.8) is 0 Å². The molecule has 0 heterocycles. The molecule has 2 rings (SSSR count). The second-order valence-corrected chi connectivity index (χ2v) is 6.60. The van der Waals surface area contributed by atoms with Crippen molar-refractivity contribution >= 4 is 11.6 Å². The van der Waals surface area contributed by atoms with E-state index < -0.39 is 5.82 Å². The normalized spacial score (nSPS) is 21.5. The number of hydrogen-bond donors (Lipinski definition) is 2. The van der Waals surface area contributed by atoms with Gasteiger partial charge in [0, 0.05) is 22.9 Å². The number of nitrogens with one attached hydrogen (secondary N) is 1. The molecule has 1 amide bonds. The van der Waals surface area contributed by atoms with E-state index in [0.717, 1.165) is 19.3 Å². The van der Waals surface area contributed by atoms with Gasteiger partial charge in [0.2, 0.25) is 0 Å². The van der Waals surface area contributed by atoms with Crippen molar-refractivity contribution in [3.8, 4) is 0 Å². The minimum absolute atomic E-state index is 0.164. The monoisotopic (exact) mass is 278 g/mol. The van der Waals surface area contributed by atoms with Crippen LogP contribution in [0.25, 0.3) is 0 Å². The summed E-state index contributed by atoms with van der Waals surface area (Å²) < 4.78 is 13.6. The van der Waals surface area contributed by atoms with Gasteiger partial charge >= 0.3 is 0 Å². The summed E-state index contributed by atoms with van der Waals surface area (Å²) in [4.78, 5) is 12.2. The molecule has 1 unspecified atom stereocenters. The summed E-state index contributed by atoms with van der Waals surface area (Å²) in [5, 5.41) is 3.00.